The zero-order valence-electron chi connectivity index (χ0n) is 14.0. The third-order valence-corrected chi connectivity index (χ3v) is 4.57. The van der Waals surface area contributed by atoms with E-state index in [2.05, 4.69) is 6.58 Å². The highest BCUT2D eigenvalue weighted by Gasteiger charge is 2.47. The standard InChI is InChI=1S/C19H28O5/c1-2-12-23-14-16(24-13-15-8-4-3-5-9-15)18(21)19(22)11-7-6-10-17(19)20/h2-5,8-9,16-18,20-22H,1,6-7,10-14H2/t16?,17-,18?,19+/m1/s1. The molecule has 2 rings (SSSR count). The van der Waals surface area contributed by atoms with Gasteiger partial charge in [-0.2, -0.15) is 0 Å². The van der Waals surface area contributed by atoms with Crippen LogP contribution in [0.5, 0.6) is 0 Å². The van der Waals surface area contributed by atoms with Crippen LogP contribution in [0.4, 0.5) is 0 Å². The van der Waals surface area contributed by atoms with Gasteiger partial charge in [-0.05, 0) is 18.4 Å². The highest BCUT2D eigenvalue weighted by atomic mass is 16.5. The second-order valence-electron chi connectivity index (χ2n) is 6.36. The van der Waals surface area contributed by atoms with Crippen molar-refractivity contribution in [3.05, 3.63) is 48.6 Å². The summed E-state index contributed by atoms with van der Waals surface area (Å²) in [6, 6.07) is 9.61. The second-order valence-corrected chi connectivity index (χ2v) is 6.36. The second kappa shape index (κ2) is 9.30. The molecule has 24 heavy (non-hydrogen) atoms. The lowest BCUT2D eigenvalue weighted by Gasteiger charge is -2.43. The van der Waals surface area contributed by atoms with E-state index in [-0.39, 0.29) is 6.61 Å². The first kappa shape index (κ1) is 19.1. The summed E-state index contributed by atoms with van der Waals surface area (Å²) >= 11 is 0. The SMILES string of the molecule is C=CCOCC(OCc1ccccc1)C(O)[C@]1(O)CCCC[C@H]1O. The zero-order valence-corrected chi connectivity index (χ0v) is 14.0. The average molecular weight is 336 g/mol. The molecule has 1 fully saturated rings. The molecule has 0 aromatic heterocycles. The van der Waals surface area contributed by atoms with Gasteiger partial charge in [0.25, 0.3) is 0 Å². The average Bonchev–Trinajstić information content (AvgIpc) is 2.61. The molecule has 1 aromatic rings. The van der Waals surface area contributed by atoms with Crippen LogP contribution in [-0.2, 0) is 16.1 Å². The van der Waals surface area contributed by atoms with Crippen LogP contribution in [0.1, 0.15) is 31.2 Å². The van der Waals surface area contributed by atoms with Crippen LogP contribution in [0.25, 0.3) is 0 Å². The predicted molar refractivity (Wildman–Crippen MR) is 91.5 cm³/mol. The van der Waals surface area contributed by atoms with E-state index >= 15 is 0 Å². The molecule has 5 nitrogen and oxygen atoms in total. The van der Waals surface area contributed by atoms with E-state index in [1.165, 1.54) is 0 Å². The molecule has 5 heteroatoms. The normalized spacial score (nSPS) is 26.7. The summed E-state index contributed by atoms with van der Waals surface area (Å²) in [5.41, 5.74) is -0.591. The van der Waals surface area contributed by atoms with Crippen molar-refractivity contribution < 1.29 is 24.8 Å². The Morgan fingerprint density at radius 3 is 2.71 bits per heavy atom. The largest absolute Gasteiger partial charge is 0.390 e. The molecule has 0 bridgehead atoms. The van der Waals surface area contributed by atoms with E-state index in [4.69, 9.17) is 9.47 Å². The number of benzene rings is 1. The van der Waals surface area contributed by atoms with E-state index < -0.39 is 23.9 Å². The van der Waals surface area contributed by atoms with Crippen LogP contribution in [-0.4, -0.2) is 52.4 Å². The van der Waals surface area contributed by atoms with Crippen molar-refractivity contribution in [2.24, 2.45) is 0 Å². The van der Waals surface area contributed by atoms with E-state index in [0.717, 1.165) is 18.4 Å². The Hall–Kier alpha value is -1.24. The van der Waals surface area contributed by atoms with Crippen molar-refractivity contribution in [3.8, 4) is 0 Å². The van der Waals surface area contributed by atoms with Gasteiger partial charge in [-0.25, -0.2) is 0 Å². The van der Waals surface area contributed by atoms with Gasteiger partial charge in [0.05, 0.1) is 25.9 Å². The smallest absolute Gasteiger partial charge is 0.119 e. The van der Waals surface area contributed by atoms with Crippen LogP contribution in [0.15, 0.2) is 43.0 Å². The Balaban J connectivity index is 2.04. The monoisotopic (exact) mass is 336 g/mol. The Bertz CT molecular complexity index is 492. The molecule has 0 aliphatic heterocycles. The molecule has 2 unspecified atom stereocenters. The summed E-state index contributed by atoms with van der Waals surface area (Å²) in [6.07, 6.45) is 1.15. The molecule has 0 spiro atoms. The Labute approximate surface area is 143 Å². The van der Waals surface area contributed by atoms with Crippen LogP contribution in [0.2, 0.25) is 0 Å². The lowest BCUT2D eigenvalue weighted by Crippen LogP contribution is -2.59. The fourth-order valence-corrected chi connectivity index (χ4v) is 3.10. The van der Waals surface area contributed by atoms with Gasteiger partial charge in [0, 0.05) is 0 Å². The molecule has 1 aliphatic rings. The molecule has 1 aromatic carbocycles. The quantitative estimate of drug-likeness (QED) is 0.473. The van der Waals surface area contributed by atoms with Crippen molar-refractivity contribution in [3.63, 3.8) is 0 Å². The van der Waals surface area contributed by atoms with Gasteiger partial charge in [-0.1, -0.05) is 49.2 Å². The topological polar surface area (TPSA) is 79.2 Å². The molecule has 0 radical (unpaired) electrons. The first-order valence-corrected chi connectivity index (χ1v) is 8.50. The molecular formula is C19H28O5. The van der Waals surface area contributed by atoms with Gasteiger partial charge in [-0.3, -0.25) is 0 Å². The molecule has 0 amide bonds. The number of hydrogen-bond acceptors (Lipinski definition) is 5. The third-order valence-electron chi connectivity index (χ3n) is 4.57. The molecule has 0 saturated heterocycles. The first-order chi connectivity index (χ1) is 11.6. The molecule has 3 N–H and O–H groups in total. The van der Waals surface area contributed by atoms with E-state index in [1.807, 2.05) is 30.3 Å². The Morgan fingerprint density at radius 1 is 1.29 bits per heavy atom. The van der Waals surface area contributed by atoms with Crippen molar-refractivity contribution in [2.75, 3.05) is 13.2 Å². The molecule has 0 heterocycles. The number of aliphatic hydroxyl groups is 3. The Kier molecular flexibility index (Phi) is 7.40. The maximum atomic E-state index is 10.8. The van der Waals surface area contributed by atoms with Crippen molar-refractivity contribution in [1.29, 1.82) is 0 Å². The van der Waals surface area contributed by atoms with Crippen LogP contribution in [0, 0.1) is 0 Å². The zero-order chi connectivity index (χ0) is 17.4. The maximum absolute atomic E-state index is 10.8. The van der Waals surface area contributed by atoms with E-state index in [1.54, 1.807) is 6.08 Å². The van der Waals surface area contributed by atoms with Crippen LogP contribution >= 0.6 is 0 Å². The third kappa shape index (κ3) is 4.88. The molecule has 134 valence electrons. The summed E-state index contributed by atoms with van der Waals surface area (Å²) in [4.78, 5) is 0. The van der Waals surface area contributed by atoms with Gasteiger partial charge in [0.1, 0.15) is 17.8 Å². The fraction of sp³-hybridized carbons (Fsp3) is 0.579. The molecule has 1 saturated carbocycles. The van der Waals surface area contributed by atoms with Crippen LogP contribution in [0.3, 0.4) is 0 Å². The molecule has 4 atom stereocenters. The highest BCUT2D eigenvalue weighted by molar-refractivity contribution is 5.13. The number of ether oxygens (including phenoxy) is 2. The van der Waals surface area contributed by atoms with E-state index in [0.29, 0.717) is 26.1 Å². The van der Waals surface area contributed by atoms with Gasteiger partial charge in [0.2, 0.25) is 0 Å². The maximum Gasteiger partial charge on any atom is 0.119 e. The minimum atomic E-state index is -1.56. The minimum Gasteiger partial charge on any atom is -0.390 e. The van der Waals surface area contributed by atoms with Crippen LogP contribution < -0.4 is 0 Å². The lowest BCUT2D eigenvalue weighted by molar-refractivity contribution is -0.209. The van der Waals surface area contributed by atoms with Gasteiger partial charge >= 0.3 is 0 Å². The van der Waals surface area contributed by atoms with Crippen molar-refractivity contribution in [1.82, 2.24) is 0 Å². The highest BCUT2D eigenvalue weighted by Crippen LogP contribution is 2.33. The van der Waals surface area contributed by atoms with E-state index in [9.17, 15) is 15.3 Å². The summed E-state index contributed by atoms with van der Waals surface area (Å²) in [7, 11) is 0. The summed E-state index contributed by atoms with van der Waals surface area (Å²) in [5.74, 6) is 0. The summed E-state index contributed by atoms with van der Waals surface area (Å²) in [6.45, 7) is 4.34. The molecule has 1 aliphatic carbocycles. The first-order valence-electron chi connectivity index (χ1n) is 8.50. The lowest BCUT2D eigenvalue weighted by atomic mass is 9.76. The predicted octanol–water partition coefficient (Wildman–Crippen LogP) is 1.80. The number of rotatable bonds is 9. The number of aliphatic hydroxyl groups excluding tert-OH is 2. The fourth-order valence-electron chi connectivity index (χ4n) is 3.10. The summed E-state index contributed by atoms with van der Waals surface area (Å²) < 4.78 is 11.3. The van der Waals surface area contributed by atoms with Gasteiger partial charge in [-0.15, -0.1) is 6.58 Å². The van der Waals surface area contributed by atoms with Crippen molar-refractivity contribution >= 4 is 0 Å². The molecular weight excluding hydrogens is 308 g/mol. The van der Waals surface area contributed by atoms with Crippen molar-refractivity contribution in [2.45, 2.75) is 56.2 Å². The minimum absolute atomic E-state index is 0.120. The van der Waals surface area contributed by atoms with Gasteiger partial charge < -0.3 is 24.8 Å². The Morgan fingerprint density at radius 2 is 2.04 bits per heavy atom. The summed E-state index contributed by atoms with van der Waals surface area (Å²) in [5, 5.41) is 31.7. The van der Waals surface area contributed by atoms with Gasteiger partial charge in [0.15, 0.2) is 0 Å². The number of hydrogen-bond donors (Lipinski definition) is 3.